The number of amides is 1. The summed E-state index contributed by atoms with van der Waals surface area (Å²) >= 11 is 0. The van der Waals surface area contributed by atoms with Crippen LogP contribution in [0, 0.1) is 0 Å². The SMILES string of the molecule is NC(=O)O[C@H]1C[C@@H]1c1ccccc1. The van der Waals surface area contributed by atoms with Crippen molar-refractivity contribution in [2.45, 2.75) is 18.4 Å². The molecule has 68 valence electrons. The molecule has 0 heterocycles. The Balaban J connectivity index is 1.97. The van der Waals surface area contributed by atoms with Crippen LogP contribution in [0.15, 0.2) is 30.3 Å². The van der Waals surface area contributed by atoms with Crippen molar-refractivity contribution in [3.63, 3.8) is 0 Å². The highest BCUT2D eigenvalue weighted by Gasteiger charge is 2.41. The molecular formula is C10H11NO2. The molecule has 1 aliphatic rings. The van der Waals surface area contributed by atoms with Crippen LogP contribution in [0.1, 0.15) is 17.9 Å². The third-order valence-electron chi connectivity index (χ3n) is 2.23. The van der Waals surface area contributed by atoms with Crippen LogP contribution in [-0.4, -0.2) is 12.2 Å². The standard InChI is InChI=1S/C10H11NO2/c11-10(12)13-9-6-8(9)7-4-2-1-3-5-7/h1-5,8-9H,6H2,(H2,11,12)/t8-,9+/m1/s1. The second-order valence-corrected chi connectivity index (χ2v) is 3.23. The minimum Gasteiger partial charge on any atom is -0.446 e. The first-order valence-electron chi connectivity index (χ1n) is 4.28. The van der Waals surface area contributed by atoms with Gasteiger partial charge in [-0.15, -0.1) is 0 Å². The van der Waals surface area contributed by atoms with Gasteiger partial charge in [0, 0.05) is 5.92 Å². The van der Waals surface area contributed by atoms with E-state index >= 15 is 0 Å². The zero-order valence-electron chi connectivity index (χ0n) is 7.14. The Hall–Kier alpha value is -1.51. The van der Waals surface area contributed by atoms with E-state index in [9.17, 15) is 4.79 Å². The van der Waals surface area contributed by atoms with Crippen LogP contribution in [0.2, 0.25) is 0 Å². The highest BCUT2D eigenvalue weighted by Crippen LogP contribution is 2.42. The molecule has 13 heavy (non-hydrogen) atoms. The summed E-state index contributed by atoms with van der Waals surface area (Å²) in [4.78, 5) is 10.4. The Labute approximate surface area is 76.5 Å². The van der Waals surface area contributed by atoms with Gasteiger partial charge in [-0.25, -0.2) is 4.79 Å². The molecule has 0 aromatic heterocycles. The largest absolute Gasteiger partial charge is 0.446 e. The maximum absolute atomic E-state index is 10.4. The number of carbonyl (C=O) groups is 1. The summed E-state index contributed by atoms with van der Waals surface area (Å²) in [6.45, 7) is 0. The minimum atomic E-state index is -0.677. The fraction of sp³-hybridized carbons (Fsp3) is 0.300. The smallest absolute Gasteiger partial charge is 0.404 e. The van der Waals surface area contributed by atoms with E-state index in [1.807, 2.05) is 30.3 Å². The molecule has 1 amide bonds. The highest BCUT2D eigenvalue weighted by molar-refractivity contribution is 5.65. The van der Waals surface area contributed by atoms with E-state index in [1.54, 1.807) is 0 Å². The molecule has 0 bridgehead atoms. The van der Waals surface area contributed by atoms with E-state index in [1.165, 1.54) is 5.56 Å². The first-order valence-corrected chi connectivity index (χ1v) is 4.28. The van der Waals surface area contributed by atoms with Gasteiger partial charge in [-0.05, 0) is 12.0 Å². The lowest BCUT2D eigenvalue weighted by molar-refractivity contribution is 0.147. The molecule has 1 saturated carbocycles. The normalized spacial score (nSPS) is 25.2. The Morgan fingerprint density at radius 1 is 1.38 bits per heavy atom. The molecule has 1 aliphatic carbocycles. The average Bonchev–Trinajstić information content (AvgIpc) is 2.84. The number of primary amides is 1. The van der Waals surface area contributed by atoms with Gasteiger partial charge in [0.2, 0.25) is 0 Å². The van der Waals surface area contributed by atoms with Gasteiger partial charge in [0.15, 0.2) is 0 Å². The molecule has 0 spiro atoms. The van der Waals surface area contributed by atoms with E-state index in [2.05, 4.69) is 0 Å². The fourth-order valence-electron chi connectivity index (χ4n) is 1.50. The Kier molecular flexibility index (Phi) is 1.93. The number of nitrogens with two attached hydrogens (primary N) is 1. The van der Waals surface area contributed by atoms with Crippen molar-refractivity contribution in [1.29, 1.82) is 0 Å². The number of hydrogen-bond acceptors (Lipinski definition) is 2. The van der Waals surface area contributed by atoms with Gasteiger partial charge >= 0.3 is 6.09 Å². The maximum atomic E-state index is 10.4. The van der Waals surface area contributed by atoms with Crippen molar-refractivity contribution in [3.8, 4) is 0 Å². The van der Waals surface area contributed by atoms with Gasteiger partial charge < -0.3 is 10.5 Å². The molecule has 2 atom stereocenters. The van der Waals surface area contributed by atoms with Crippen LogP contribution >= 0.6 is 0 Å². The maximum Gasteiger partial charge on any atom is 0.404 e. The average molecular weight is 177 g/mol. The van der Waals surface area contributed by atoms with Crippen molar-refractivity contribution < 1.29 is 9.53 Å². The van der Waals surface area contributed by atoms with Gasteiger partial charge in [-0.1, -0.05) is 30.3 Å². The van der Waals surface area contributed by atoms with Gasteiger partial charge in [0.1, 0.15) is 6.10 Å². The molecule has 0 unspecified atom stereocenters. The van der Waals surface area contributed by atoms with E-state index < -0.39 is 6.09 Å². The molecular weight excluding hydrogens is 166 g/mol. The number of benzene rings is 1. The molecule has 0 radical (unpaired) electrons. The summed E-state index contributed by atoms with van der Waals surface area (Å²) in [6.07, 6.45) is 0.218. The van der Waals surface area contributed by atoms with Crippen LogP contribution in [-0.2, 0) is 4.74 Å². The zero-order chi connectivity index (χ0) is 9.26. The Bertz CT molecular complexity index is 310. The second-order valence-electron chi connectivity index (χ2n) is 3.23. The summed E-state index contributed by atoms with van der Waals surface area (Å²) in [5.74, 6) is 0.355. The molecule has 0 saturated heterocycles. The van der Waals surface area contributed by atoms with Crippen LogP contribution in [0.5, 0.6) is 0 Å². The van der Waals surface area contributed by atoms with E-state index in [-0.39, 0.29) is 6.10 Å². The van der Waals surface area contributed by atoms with Crippen molar-refractivity contribution in [2.75, 3.05) is 0 Å². The lowest BCUT2D eigenvalue weighted by Gasteiger charge is -1.99. The minimum absolute atomic E-state index is 0.0000926. The van der Waals surface area contributed by atoms with Gasteiger partial charge in [-0.3, -0.25) is 0 Å². The fourth-order valence-corrected chi connectivity index (χ4v) is 1.50. The van der Waals surface area contributed by atoms with Crippen LogP contribution in [0.4, 0.5) is 4.79 Å². The summed E-state index contributed by atoms with van der Waals surface area (Å²) in [5.41, 5.74) is 6.13. The van der Waals surface area contributed by atoms with Crippen molar-refractivity contribution in [2.24, 2.45) is 5.73 Å². The van der Waals surface area contributed by atoms with Crippen molar-refractivity contribution in [3.05, 3.63) is 35.9 Å². The highest BCUT2D eigenvalue weighted by atomic mass is 16.6. The summed E-state index contributed by atoms with van der Waals surface area (Å²) < 4.78 is 4.87. The van der Waals surface area contributed by atoms with Gasteiger partial charge in [-0.2, -0.15) is 0 Å². The van der Waals surface area contributed by atoms with Gasteiger partial charge in [0.25, 0.3) is 0 Å². The Morgan fingerprint density at radius 2 is 2.08 bits per heavy atom. The molecule has 3 heteroatoms. The van der Waals surface area contributed by atoms with Crippen molar-refractivity contribution >= 4 is 6.09 Å². The van der Waals surface area contributed by atoms with Crippen molar-refractivity contribution in [1.82, 2.24) is 0 Å². The molecule has 0 aliphatic heterocycles. The predicted molar refractivity (Wildman–Crippen MR) is 48.3 cm³/mol. The lowest BCUT2D eigenvalue weighted by Crippen LogP contribution is -2.14. The molecule has 2 N–H and O–H groups in total. The predicted octanol–water partition coefficient (Wildman–Crippen LogP) is 1.64. The Morgan fingerprint density at radius 3 is 2.69 bits per heavy atom. The van der Waals surface area contributed by atoms with Crippen LogP contribution < -0.4 is 5.73 Å². The second kappa shape index (κ2) is 3.09. The molecule has 3 nitrogen and oxygen atoms in total. The zero-order valence-corrected chi connectivity index (χ0v) is 7.14. The van der Waals surface area contributed by atoms with E-state index in [0.717, 1.165) is 6.42 Å². The molecule has 1 fully saturated rings. The monoisotopic (exact) mass is 177 g/mol. The molecule has 1 aromatic carbocycles. The third-order valence-corrected chi connectivity index (χ3v) is 2.23. The van der Waals surface area contributed by atoms with E-state index in [4.69, 9.17) is 10.5 Å². The summed E-state index contributed by atoms with van der Waals surface area (Å²) in [7, 11) is 0. The van der Waals surface area contributed by atoms with Crippen LogP contribution in [0.3, 0.4) is 0 Å². The molecule has 2 rings (SSSR count). The summed E-state index contributed by atoms with van der Waals surface area (Å²) in [6, 6.07) is 10.0. The first kappa shape index (κ1) is 8.10. The van der Waals surface area contributed by atoms with E-state index in [0.29, 0.717) is 5.92 Å². The number of hydrogen-bond donors (Lipinski definition) is 1. The number of carbonyl (C=O) groups excluding carboxylic acids is 1. The number of ether oxygens (including phenoxy) is 1. The summed E-state index contributed by atoms with van der Waals surface area (Å²) in [5, 5.41) is 0. The lowest BCUT2D eigenvalue weighted by atomic mass is 10.1. The van der Waals surface area contributed by atoms with Crippen LogP contribution in [0.25, 0.3) is 0 Å². The van der Waals surface area contributed by atoms with Gasteiger partial charge in [0.05, 0.1) is 0 Å². The number of rotatable bonds is 2. The topological polar surface area (TPSA) is 52.3 Å². The molecule has 1 aromatic rings. The quantitative estimate of drug-likeness (QED) is 0.746. The first-order chi connectivity index (χ1) is 6.27. The third kappa shape index (κ3) is 1.80.